The highest BCUT2D eigenvalue weighted by molar-refractivity contribution is 5.99. The van der Waals surface area contributed by atoms with E-state index in [9.17, 15) is 9.59 Å². The fraction of sp³-hybridized carbons (Fsp3) is 0.467. The fourth-order valence-electron chi connectivity index (χ4n) is 2.40. The van der Waals surface area contributed by atoms with Crippen LogP contribution in [0.15, 0.2) is 18.2 Å². The Morgan fingerprint density at radius 1 is 1.22 bits per heavy atom. The van der Waals surface area contributed by atoms with Crippen molar-refractivity contribution in [2.75, 3.05) is 6.54 Å². The Labute approximate surface area is 108 Å². The standard InChI is InChI=1S/C15H19NO2/c1-10-5-6-12(7-11(10)2)14(18)16-9-13(17)8-15(16,3)4/h5-7H,8-9H2,1-4H3. The van der Waals surface area contributed by atoms with Crippen LogP contribution in [0.1, 0.15) is 41.8 Å². The number of Topliss-reactive ketones (excluding diaryl/α,β-unsaturated/α-hetero) is 1. The van der Waals surface area contributed by atoms with Crippen LogP contribution < -0.4 is 0 Å². The van der Waals surface area contributed by atoms with Crippen LogP contribution >= 0.6 is 0 Å². The molecule has 0 radical (unpaired) electrons. The normalized spacial score (nSPS) is 18.2. The topological polar surface area (TPSA) is 37.4 Å². The highest BCUT2D eigenvalue weighted by Crippen LogP contribution is 2.28. The average Bonchev–Trinajstić information content (AvgIpc) is 2.55. The van der Waals surface area contributed by atoms with Gasteiger partial charge in [0.2, 0.25) is 0 Å². The summed E-state index contributed by atoms with van der Waals surface area (Å²) in [5, 5.41) is 0. The lowest BCUT2D eigenvalue weighted by atomic mass is 10.00. The highest BCUT2D eigenvalue weighted by Gasteiger charge is 2.40. The van der Waals surface area contributed by atoms with Gasteiger partial charge in [-0.2, -0.15) is 0 Å². The molecule has 18 heavy (non-hydrogen) atoms. The molecule has 96 valence electrons. The summed E-state index contributed by atoms with van der Waals surface area (Å²) in [5.41, 5.74) is 2.57. The van der Waals surface area contributed by atoms with E-state index in [1.54, 1.807) is 4.90 Å². The minimum Gasteiger partial charge on any atom is -0.326 e. The Bertz CT molecular complexity index is 517. The molecule has 1 amide bonds. The van der Waals surface area contributed by atoms with Crippen LogP contribution in [-0.2, 0) is 4.79 Å². The molecule has 1 aliphatic heterocycles. The van der Waals surface area contributed by atoms with E-state index in [2.05, 4.69) is 0 Å². The van der Waals surface area contributed by atoms with Gasteiger partial charge in [0.25, 0.3) is 5.91 Å². The Hall–Kier alpha value is -1.64. The zero-order valence-electron chi connectivity index (χ0n) is 11.4. The highest BCUT2D eigenvalue weighted by atomic mass is 16.2. The predicted octanol–water partition coefficient (Wildman–Crippen LogP) is 2.50. The van der Waals surface area contributed by atoms with Crippen LogP contribution in [0.5, 0.6) is 0 Å². The Morgan fingerprint density at radius 2 is 1.89 bits per heavy atom. The lowest BCUT2D eigenvalue weighted by Gasteiger charge is -2.30. The van der Waals surface area contributed by atoms with Crippen molar-refractivity contribution in [1.82, 2.24) is 4.90 Å². The summed E-state index contributed by atoms with van der Waals surface area (Å²) < 4.78 is 0. The second-order valence-corrected chi connectivity index (χ2v) is 5.72. The quantitative estimate of drug-likeness (QED) is 0.762. The van der Waals surface area contributed by atoms with E-state index >= 15 is 0 Å². The lowest BCUT2D eigenvalue weighted by molar-refractivity contribution is -0.116. The van der Waals surface area contributed by atoms with Gasteiger partial charge < -0.3 is 4.90 Å². The van der Waals surface area contributed by atoms with Crippen molar-refractivity contribution in [3.05, 3.63) is 34.9 Å². The van der Waals surface area contributed by atoms with Crippen LogP contribution in [0.4, 0.5) is 0 Å². The van der Waals surface area contributed by atoms with Gasteiger partial charge in [0.1, 0.15) is 0 Å². The van der Waals surface area contributed by atoms with Crippen LogP contribution in [0.3, 0.4) is 0 Å². The summed E-state index contributed by atoms with van der Waals surface area (Å²) in [5.74, 6) is 0.0890. The number of ketones is 1. The summed E-state index contributed by atoms with van der Waals surface area (Å²) in [6.45, 7) is 8.13. The number of carbonyl (C=O) groups is 2. The van der Waals surface area contributed by atoms with Gasteiger partial charge in [-0.1, -0.05) is 6.07 Å². The molecule has 0 aromatic heterocycles. The largest absolute Gasteiger partial charge is 0.326 e. The number of benzene rings is 1. The summed E-state index contributed by atoms with van der Waals surface area (Å²) in [4.78, 5) is 25.7. The van der Waals surface area contributed by atoms with E-state index in [0.717, 1.165) is 5.56 Å². The van der Waals surface area contributed by atoms with Gasteiger partial charge in [-0.25, -0.2) is 0 Å². The van der Waals surface area contributed by atoms with Gasteiger partial charge in [0.05, 0.1) is 6.54 Å². The second-order valence-electron chi connectivity index (χ2n) is 5.72. The van der Waals surface area contributed by atoms with E-state index in [1.165, 1.54) is 5.56 Å². The van der Waals surface area contributed by atoms with Gasteiger partial charge in [-0.3, -0.25) is 9.59 Å². The van der Waals surface area contributed by atoms with Gasteiger partial charge in [-0.15, -0.1) is 0 Å². The Kier molecular flexibility index (Phi) is 3.01. The third-order valence-electron chi connectivity index (χ3n) is 3.69. The maximum absolute atomic E-state index is 12.4. The first-order valence-electron chi connectivity index (χ1n) is 6.22. The van der Waals surface area contributed by atoms with Crippen molar-refractivity contribution in [2.45, 2.75) is 39.7 Å². The maximum atomic E-state index is 12.4. The van der Waals surface area contributed by atoms with Gasteiger partial charge in [-0.05, 0) is 51.0 Å². The van der Waals surface area contributed by atoms with E-state index in [0.29, 0.717) is 12.0 Å². The molecule has 0 spiro atoms. The smallest absolute Gasteiger partial charge is 0.254 e. The van der Waals surface area contributed by atoms with Crippen molar-refractivity contribution in [3.8, 4) is 0 Å². The van der Waals surface area contributed by atoms with Gasteiger partial charge >= 0.3 is 0 Å². The first kappa shape index (κ1) is 12.8. The van der Waals surface area contributed by atoms with Crippen molar-refractivity contribution in [3.63, 3.8) is 0 Å². The van der Waals surface area contributed by atoms with E-state index in [1.807, 2.05) is 45.9 Å². The number of carbonyl (C=O) groups excluding carboxylic acids is 2. The molecule has 2 rings (SSSR count). The minimum absolute atomic E-state index is 0.0473. The Balaban J connectivity index is 2.31. The molecule has 0 aliphatic carbocycles. The molecule has 1 heterocycles. The summed E-state index contributed by atoms with van der Waals surface area (Å²) in [7, 11) is 0. The molecule has 1 saturated heterocycles. The molecule has 1 aromatic rings. The lowest BCUT2D eigenvalue weighted by Crippen LogP contribution is -2.42. The summed E-state index contributed by atoms with van der Waals surface area (Å²) >= 11 is 0. The number of amides is 1. The molecular formula is C15H19NO2. The third-order valence-corrected chi connectivity index (χ3v) is 3.69. The number of hydrogen-bond acceptors (Lipinski definition) is 2. The van der Waals surface area contributed by atoms with Crippen molar-refractivity contribution in [1.29, 1.82) is 0 Å². The molecule has 1 aromatic carbocycles. The van der Waals surface area contributed by atoms with Crippen LogP contribution in [0, 0.1) is 13.8 Å². The molecular weight excluding hydrogens is 226 g/mol. The monoisotopic (exact) mass is 245 g/mol. The number of rotatable bonds is 1. The predicted molar refractivity (Wildman–Crippen MR) is 70.7 cm³/mol. The molecule has 0 bridgehead atoms. The minimum atomic E-state index is -0.368. The fourth-order valence-corrected chi connectivity index (χ4v) is 2.40. The van der Waals surface area contributed by atoms with Crippen LogP contribution in [-0.4, -0.2) is 28.7 Å². The molecule has 1 aliphatic rings. The third kappa shape index (κ3) is 2.17. The van der Waals surface area contributed by atoms with Crippen LogP contribution in [0.25, 0.3) is 0 Å². The Morgan fingerprint density at radius 3 is 2.39 bits per heavy atom. The molecule has 1 fully saturated rings. The van der Waals surface area contributed by atoms with Gasteiger partial charge in [0.15, 0.2) is 5.78 Å². The first-order valence-corrected chi connectivity index (χ1v) is 6.22. The molecule has 0 N–H and O–H groups in total. The molecule has 0 unspecified atom stereocenters. The van der Waals surface area contributed by atoms with Gasteiger partial charge in [0, 0.05) is 17.5 Å². The first-order chi connectivity index (χ1) is 8.31. The number of nitrogens with zero attached hydrogens (tertiary/aromatic N) is 1. The second kappa shape index (κ2) is 4.23. The van der Waals surface area contributed by atoms with Crippen molar-refractivity contribution in [2.24, 2.45) is 0 Å². The van der Waals surface area contributed by atoms with E-state index in [-0.39, 0.29) is 23.8 Å². The van der Waals surface area contributed by atoms with Crippen molar-refractivity contribution >= 4 is 11.7 Å². The van der Waals surface area contributed by atoms with Crippen molar-refractivity contribution < 1.29 is 9.59 Å². The van der Waals surface area contributed by atoms with E-state index in [4.69, 9.17) is 0 Å². The van der Waals surface area contributed by atoms with E-state index < -0.39 is 0 Å². The number of likely N-dealkylation sites (tertiary alicyclic amines) is 1. The molecule has 0 atom stereocenters. The molecule has 3 heteroatoms. The molecule has 0 saturated carbocycles. The SMILES string of the molecule is Cc1ccc(C(=O)N2CC(=O)CC2(C)C)cc1C. The maximum Gasteiger partial charge on any atom is 0.254 e. The number of aryl methyl sites for hydroxylation is 2. The zero-order chi connectivity index (χ0) is 13.5. The average molecular weight is 245 g/mol. The van der Waals surface area contributed by atoms with Crippen LogP contribution in [0.2, 0.25) is 0 Å². The molecule has 3 nitrogen and oxygen atoms in total. The zero-order valence-corrected chi connectivity index (χ0v) is 11.4. The summed E-state index contributed by atoms with van der Waals surface area (Å²) in [6, 6.07) is 5.69. The summed E-state index contributed by atoms with van der Waals surface area (Å²) in [6.07, 6.45) is 0.448. The number of hydrogen-bond donors (Lipinski definition) is 0.